The molecule has 0 bridgehead atoms. The van der Waals surface area contributed by atoms with Crippen LogP contribution in [0.2, 0.25) is 5.28 Å². The maximum Gasteiger partial charge on any atom is 0.225 e. The quantitative estimate of drug-likeness (QED) is 0.654. The number of furan rings is 1. The number of benzene rings is 1. The van der Waals surface area contributed by atoms with Crippen molar-refractivity contribution in [1.29, 1.82) is 0 Å². The Morgan fingerprint density at radius 2 is 2.19 bits per heavy atom. The number of anilines is 1. The zero-order valence-corrected chi connectivity index (χ0v) is 15.6. The minimum Gasteiger partial charge on any atom is -0.491 e. The third kappa shape index (κ3) is 3.83. The van der Waals surface area contributed by atoms with Gasteiger partial charge in [0.15, 0.2) is 0 Å². The Bertz CT molecular complexity index is 955. The topological polar surface area (TPSA) is 80.5 Å². The number of hydrogen-bond acceptors (Lipinski definition) is 6. The predicted octanol–water partition coefficient (Wildman–Crippen LogP) is 3.35. The first-order chi connectivity index (χ1) is 13.1. The molecule has 8 heteroatoms. The lowest BCUT2D eigenvalue weighted by molar-refractivity contribution is -0.135. The van der Waals surface area contributed by atoms with Crippen LogP contribution in [0.4, 0.5) is 5.82 Å². The lowest BCUT2D eigenvalue weighted by Crippen LogP contribution is -2.51. The summed E-state index contributed by atoms with van der Waals surface area (Å²) < 4.78 is 11.3. The molecule has 1 aromatic carbocycles. The van der Waals surface area contributed by atoms with E-state index in [4.69, 9.17) is 20.8 Å². The molecule has 1 fully saturated rings. The van der Waals surface area contributed by atoms with E-state index in [0.717, 1.165) is 24.2 Å². The van der Waals surface area contributed by atoms with Gasteiger partial charge in [-0.05, 0) is 35.9 Å². The van der Waals surface area contributed by atoms with Crippen molar-refractivity contribution < 1.29 is 13.9 Å². The molecule has 27 heavy (non-hydrogen) atoms. The number of hydrogen-bond donors (Lipinski definition) is 1. The highest BCUT2D eigenvalue weighted by Gasteiger charge is 2.29. The normalized spacial score (nSPS) is 14.2. The van der Waals surface area contributed by atoms with Crippen LogP contribution in [-0.2, 0) is 11.3 Å². The molecule has 0 aliphatic carbocycles. The highest BCUT2D eigenvalue weighted by molar-refractivity contribution is 6.29. The Labute approximate surface area is 161 Å². The molecule has 1 N–H and O–H groups in total. The van der Waals surface area contributed by atoms with Gasteiger partial charge in [-0.15, -0.1) is 0 Å². The summed E-state index contributed by atoms with van der Waals surface area (Å²) in [6.07, 6.45) is 1.63. The minimum absolute atomic E-state index is 0.100. The second-order valence-corrected chi connectivity index (χ2v) is 6.87. The van der Waals surface area contributed by atoms with Crippen LogP contribution in [0.3, 0.4) is 0 Å². The van der Waals surface area contributed by atoms with Crippen molar-refractivity contribution in [3.8, 4) is 5.75 Å². The van der Waals surface area contributed by atoms with Gasteiger partial charge in [-0.3, -0.25) is 4.79 Å². The van der Waals surface area contributed by atoms with Crippen LogP contribution in [0.15, 0.2) is 41.0 Å². The fraction of sp³-hybridized carbons (Fsp3) is 0.316. The average molecular weight is 387 g/mol. The van der Waals surface area contributed by atoms with E-state index in [1.165, 1.54) is 0 Å². The summed E-state index contributed by atoms with van der Waals surface area (Å²) in [4.78, 5) is 21.7. The van der Waals surface area contributed by atoms with Gasteiger partial charge in [0.25, 0.3) is 0 Å². The number of carbonyl (C=O) groups excluding carboxylic acids is 1. The Hall–Kier alpha value is -2.80. The molecule has 4 rings (SSSR count). The van der Waals surface area contributed by atoms with E-state index in [1.54, 1.807) is 18.1 Å². The van der Waals surface area contributed by atoms with Gasteiger partial charge in [0.05, 0.1) is 19.4 Å². The van der Waals surface area contributed by atoms with Crippen LogP contribution in [-0.4, -0.2) is 40.5 Å². The van der Waals surface area contributed by atoms with E-state index in [9.17, 15) is 4.79 Å². The first kappa shape index (κ1) is 17.6. The monoisotopic (exact) mass is 386 g/mol. The van der Waals surface area contributed by atoms with Crippen LogP contribution in [0, 0.1) is 5.92 Å². The summed E-state index contributed by atoms with van der Waals surface area (Å²) in [6, 6.07) is 9.40. The molecule has 0 atom stereocenters. The molecule has 0 saturated carbocycles. The third-order valence-corrected chi connectivity index (χ3v) is 4.72. The van der Waals surface area contributed by atoms with Gasteiger partial charge in [-0.1, -0.05) is 6.07 Å². The molecule has 0 unspecified atom stereocenters. The zero-order valence-electron chi connectivity index (χ0n) is 14.8. The maximum absolute atomic E-state index is 11.3. The van der Waals surface area contributed by atoms with Crippen molar-refractivity contribution >= 4 is 34.2 Å². The van der Waals surface area contributed by atoms with Crippen molar-refractivity contribution in [3.63, 3.8) is 0 Å². The number of amides is 1. The molecule has 0 radical (unpaired) electrons. The fourth-order valence-electron chi connectivity index (χ4n) is 3.07. The van der Waals surface area contributed by atoms with Crippen molar-refractivity contribution in [1.82, 2.24) is 14.9 Å². The van der Waals surface area contributed by atoms with E-state index in [0.29, 0.717) is 36.2 Å². The number of fused-ring (bicyclic) bond motifs is 1. The van der Waals surface area contributed by atoms with Crippen molar-refractivity contribution in [2.45, 2.75) is 13.5 Å². The summed E-state index contributed by atoms with van der Waals surface area (Å²) in [5, 5.41) is 4.20. The number of carbonyl (C=O) groups is 1. The Kier molecular flexibility index (Phi) is 4.85. The number of nitrogens with zero attached hydrogens (tertiary/aromatic N) is 3. The molecule has 140 valence electrons. The van der Waals surface area contributed by atoms with Crippen LogP contribution >= 0.6 is 11.6 Å². The summed E-state index contributed by atoms with van der Waals surface area (Å²) in [5.41, 5.74) is 0.655. The SMILES string of the molecule is CC(=O)N1CC(COc2cccc3c(NCc4ccco4)nc(Cl)nc23)C1. The van der Waals surface area contributed by atoms with Crippen molar-refractivity contribution in [3.05, 3.63) is 47.6 Å². The Morgan fingerprint density at radius 3 is 2.93 bits per heavy atom. The van der Waals surface area contributed by atoms with Crippen LogP contribution < -0.4 is 10.1 Å². The number of ether oxygens (including phenoxy) is 1. The van der Waals surface area contributed by atoms with E-state index in [2.05, 4.69) is 15.3 Å². The van der Waals surface area contributed by atoms with E-state index >= 15 is 0 Å². The zero-order chi connectivity index (χ0) is 18.8. The Balaban J connectivity index is 1.51. The van der Waals surface area contributed by atoms with E-state index < -0.39 is 0 Å². The second kappa shape index (κ2) is 7.44. The summed E-state index contributed by atoms with van der Waals surface area (Å²) >= 11 is 6.13. The molecule has 2 aromatic heterocycles. The highest BCUT2D eigenvalue weighted by atomic mass is 35.5. The number of nitrogens with one attached hydrogen (secondary N) is 1. The van der Waals surface area contributed by atoms with Crippen LogP contribution in [0.1, 0.15) is 12.7 Å². The molecule has 1 amide bonds. The van der Waals surface area contributed by atoms with Gasteiger partial charge < -0.3 is 19.4 Å². The number of rotatable bonds is 6. The smallest absolute Gasteiger partial charge is 0.225 e. The van der Waals surface area contributed by atoms with E-state index in [1.807, 2.05) is 30.3 Å². The van der Waals surface area contributed by atoms with Crippen molar-refractivity contribution in [2.75, 3.05) is 25.0 Å². The first-order valence-electron chi connectivity index (χ1n) is 8.71. The van der Waals surface area contributed by atoms with Gasteiger partial charge in [-0.2, -0.15) is 0 Å². The number of likely N-dealkylation sites (tertiary alicyclic amines) is 1. The first-order valence-corrected chi connectivity index (χ1v) is 9.09. The summed E-state index contributed by atoms with van der Waals surface area (Å²) in [7, 11) is 0. The standard InChI is InChI=1S/C19H19ClN4O3/c1-12(25)24-9-13(10-24)11-27-16-6-2-5-15-17(16)22-19(20)23-18(15)21-8-14-4-3-7-26-14/h2-7,13H,8-11H2,1H3,(H,21,22,23). The molecule has 1 aliphatic rings. The third-order valence-electron chi connectivity index (χ3n) is 4.55. The lowest BCUT2D eigenvalue weighted by atomic mass is 10.0. The number of aromatic nitrogens is 2. The van der Waals surface area contributed by atoms with Crippen LogP contribution in [0.25, 0.3) is 10.9 Å². The van der Waals surface area contributed by atoms with Gasteiger partial charge in [0, 0.05) is 31.3 Å². The van der Waals surface area contributed by atoms with E-state index in [-0.39, 0.29) is 11.2 Å². The number of halogens is 1. The largest absolute Gasteiger partial charge is 0.491 e. The van der Waals surface area contributed by atoms with Crippen LogP contribution in [0.5, 0.6) is 5.75 Å². The molecule has 3 aromatic rings. The van der Waals surface area contributed by atoms with Crippen molar-refractivity contribution in [2.24, 2.45) is 5.92 Å². The molecule has 0 spiro atoms. The molecule has 7 nitrogen and oxygen atoms in total. The Morgan fingerprint density at radius 1 is 1.33 bits per heavy atom. The molecule has 3 heterocycles. The lowest BCUT2D eigenvalue weighted by Gasteiger charge is -2.38. The summed E-state index contributed by atoms with van der Waals surface area (Å²) in [5.74, 6) is 2.50. The summed E-state index contributed by atoms with van der Waals surface area (Å²) in [6.45, 7) is 4.05. The fourth-order valence-corrected chi connectivity index (χ4v) is 3.24. The predicted molar refractivity (Wildman–Crippen MR) is 102 cm³/mol. The highest BCUT2D eigenvalue weighted by Crippen LogP contribution is 2.30. The minimum atomic E-state index is 0.100. The second-order valence-electron chi connectivity index (χ2n) is 6.53. The molecule has 1 saturated heterocycles. The molecule has 1 aliphatic heterocycles. The number of para-hydroxylation sites is 1. The molecular formula is C19H19ClN4O3. The average Bonchev–Trinajstić information content (AvgIpc) is 3.11. The van der Waals surface area contributed by atoms with Gasteiger partial charge in [0.2, 0.25) is 11.2 Å². The van der Waals surface area contributed by atoms with Gasteiger partial charge in [0.1, 0.15) is 22.8 Å². The molecular weight excluding hydrogens is 368 g/mol. The maximum atomic E-state index is 11.3. The van der Waals surface area contributed by atoms with Gasteiger partial charge >= 0.3 is 0 Å². The van der Waals surface area contributed by atoms with Gasteiger partial charge in [-0.25, -0.2) is 9.97 Å².